The van der Waals surface area contributed by atoms with Gasteiger partial charge in [-0.15, -0.1) is 0 Å². The highest BCUT2D eigenvalue weighted by atomic mass is 19.1. The predicted octanol–water partition coefficient (Wildman–Crippen LogP) is 2.99. The number of hydrogen-bond acceptors (Lipinski definition) is 3. The van der Waals surface area contributed by atoms with Crippen molar-refractivity contribution in [3.63, 3.8) is 0 Å². The zero-order chi connectivity index (χ0) is 13.7. The lowest BCUT2D eigenvalue weighted by Gasteiger charge is -2.04. The average Bonchev–Trinajstić information content (AvgIpc) is 2.41. The van der Waals surface area contributed by atoms with Gasteiger partial charge in [0.05, 0.1) is 18.7 Å². The first kappa shape index (κ1) is 13.2. The molecule has 3 nitrogen and oxygen atoms in total. The third-order valence-corrected chi connectivity index (χ3v) is 2.63. The highest BCUT2D eigenvalue weighted by molar-refractivity contribution is 5.72. The molecular weight excluding hydrogens is 245 g/mol. The van der Waals surface area contributed by atoms with E-state index in [1.165, 1.54) is 6.07 Å². The third kappa shape index (κ3) is 3.37. The minimum atomic E-state index is -0.312. The topological polar surface area (TPSA) is 39.2 Å². The molecule has 19 heavy (non-hydrogen) atoms. The summed E-state index contributed by atoms with van der Waals surface area (Å²) in [6, 6.07) is 9.91. The van der Waals surface area contributed by atoms with Gasteiger partial charge in [-0.3, -0.25) is 9.78 Å². The van der Waals surface area contributed by atoms with Crippen LogP contribution in [0.3, 0.4) is 0 Å². The normalized spacial score (nSPS) is 10.2. The molecule has 4 heteroatoms. The number of carbonyl (C=O) groups is 1. The first-order valence-electron chi connectivity index (χ1n) is 6.06. The fraction of sp³-hybridized carbons (Fsp3) is 0.200. The molecule has 2 rings (SSSR count). The highest BCUT2D eigenvalue weighted by Crippen LogP contribution is 2.20. The van der Waals surface area contributed by atoms with Gasteiger partial charge >= 0.3 is 5.97 Å². The number of ether oxygens (including phenoxy) is 1. The van der Waals surface area contributed by atoms with E-state index in [0.29, 0.717) is 17.9 Å². The van der Waals surface area contributed by atoms with E-state index in [1.807, 2.05) is 0 Å². The molecular formula is C15H14FNO2. The van der Waals surface area contributed by atoms with Crippen LogP contribution in [0.2, 0.25) is 0 Å². The minimum Gasteiger partial charge on any atom is -0.466 e. The second-order valence-electron chi connectivity index (χ2n) is 4.01. The third-order valence-electron chi connectivity index (χ3n) is 2.63. The molecule has 0 amide bonds. The molecule has 0 aliphatic rings. The first-order chi connectivity index (χ1) is 9.20. The number of pyridine rings is 1. The lowest BCUT2D eigenvalue weighted by molar-refractivity contribution is -0.142. The van der Waals surface area contributed by atoms with Gasteiger partial charge in [0.15, 0.2) is 0 Å². The van der Waals surface area contributed by atoms with E-state index in [2.05, 4.69) is 4.98 Å². The van der Waals surface area contributed by atoms with E-state index in [-0.39, 0.29) is 18.2 Å². The number of halogens is 1. The van der Waals surface area contributed by atoms with Crippen molar-refractivity contribution < 1.29 is 13.9 Å². The van der Waals surface area contributed by atoms with Crippen molar-refractivity contribution >= 4 is 5.97 Å². The van der Waals surface area contributed by atoms with Gasteiger partial charge in [0.2, 0.25) is 0 Å². The number of benzene rings is 1. The van der Waals surface area contributed by atoms with Crippen LogP contribution in [-0.4, -0.2) is 17.6 Å². The molecule has 0 saturated heterocycles. The Kier molecular flexibility index (Phi) is 4.23. The average molecular weight is 259 g/mol. The van der Waals surface area contributed by atoms with E-state index < -0.39 is 0 Å². The van der Waals surface area contributed by atoms with E-state index in [1.54, 1.807) is 43.5 Å². The van der Waals surface area contributed by atoms with Gasteiger partial charge in [-0.2, -0.15) is 0 Å². The number of rotatable bonds is 4. The molecule has 0 radical (unpaired) electrons. The van der Waals surface area contributed by atoms with Crippen LogP contribution < -0.4 is 0 Å². The molecule has 0 N–H and O–H groups in total. The molecule has 0 aliphatic heterocycles. The SMILES string of the molecule is CCOC(=O)Cc1ccc(-c2ccccc2F)nc1. The molecule has 0 saturated carbocycles. The second kappa shape index (κ2) is 6.09. The van der Waals surface area contributed by atoms with E-state index in [0.717, 1.165) is 5.56 Å². The summed E-state index contributed by atoms with van der Waals surface area (Å²) in [5.74, 6) is -0.601. The van der Waals surface area contributed by atoms with Crippen LogP contribution >= 0.6 is 0 Å². The Morgan fingerprint density at radius 1 is 1.26 bits per heavy atom. The van der Waals surface area contributed by atoms with Crippen molar-refractivity contribution in [3.05, 3.63) is 54.0 Å². The Morgan fingerprint density at radius 3 is 2.68 bits per heavy atom. The Labute approximate surface area is 111 Å². The molecule has 98 valence electrons. The van der Waals surface area contributed by atoms with Crippen molar-refractivity contribution in [2.24, 2.45) is 0 Å². The zero-order valence-corrected chi connectivity index (χ0v) is 10.6. The summed E-state index contributed by atoms with van der Waals surface area (Å²) in [6.45, 7) is 2.12. The van der Waals surface area contributed by atoms with Crippen LogP contribution in [0.4, 0.5) is 4.39 Å². The lowest BCUT2D eigenvalue weighted by Crippen LogP contribution is -2.07. The monoisotopic (exact) mass is 259 g/mol. The molecule has 2 aromatic rings. The Balaban J connectivity index is 2.15. The summed E-state index contributed by atoms with van der Waals surface area (Å²) in [7, 11) is 0. The van der Waals surface area contributed by atoms with Crippen molar-refractivity contribution in [2.75, 3.05) is 6.61 Å². The molecule has 0 bridgehead atoms. The number of nitrogens with zero attached hydrogens (tertiary/aromatic N) is 1. The molecule has 0 aliphatic carbocycles. The zero-order valence-electron chi connectivity index (χ0n) is 10.6. The van der Waals surface area contributed by atoms with E-state index in [4.69, 9.17) is 4.74 Å². The van der Waals surface area contributed by atoms with E-state index >= 15 is 0 Å². The quantitative estimate of drug-likeness (QED) is 0.792. The molecule has 0 atom stereocenters. The van der Waals surface area contributed by atoms with E-state index in [9.17, 15) is 9.18 Å². The summed E-state index contributed by atoms with van der Waals surface area (Å²) >= 11 is 0. The maximum absolute atomic E-state index is 13.6. The highest BCUT2D eigenvalue weighted by Gasteiger charge is 2.07. The fourth-order valence-electron chi connectivity index (χ4n) is 1.74. The number of hydrogen-bond donors (Lipinski definition) is 0. The molecule has 1 aromatic carbocycles. The summed E-state index contributed by atoms with van der Waals surface area (Å²) in [5.41, 5.74) is 1.74. The van der Waals surface area contributed by atoms with Crippen LogP contribution in [-0.2, 0) is 16.0 Å². The lowest BCUT2D eigenvalue weighted by atomic mass is 10.1. The van der Waals surface area contributed by atoms with Gasteiger partial charge in [-0.1, -0.05) is 18.2 Å². The van der Waals surface area contributed by atoms with Crippen LogP contribution in [0.5, 0.6) is 0 Å². The smallest absolute Gasteiger partial charge is 0.310 e. The fourth-order valence-corrected chi connectivity index (χ4v) is 1.74. The van der Waals surface area contributed by atoms with Gasteiger partial charge in [-0.05, 0) is 30.7 Å². The van der Waals surface area contributed by atoms with Crippen LogP contribution in [0, 0.1) is 5.82 Å². The number of carbonyl (C=O) groups excluding carboxylic acids is 1. The maximum Gasteiger partial charge on any atom is 0.310 e. The van der Waals surface area contributed by atoms with Crippen molar-refractivity contribution in [2.45, 2.75) is 13.3 Å². The van der Waals surface area contributed by atoms with Crippen molar-refractivity contribution in [3.8, 4) is 11.3 Å². The van der Waals surface area contributed by atoms with Gasteiger partial charge in [0, 0.05) is 11.8 Å². The standard InChI is InChI=1S/C15H14FNO2/c1-2-19-15(18)9-11-7-8-14(17-10-11)12-5-3-4-6-13(12)16/h3-8,10H,2,9H2,1H3. The minimum absolute atomic E-state index is 0.179. The number of esters is 1. The Bertz CT molecular complexity index is 567. The predicted molar refractivity (Wildman–Crippen MR) is 70.0 cm³/mol. The number of aromatic nitrogens is 1. The molecule has 1 heterocycles. The van der Waals surface area contributed by atoms with Gasteiger partial charge < -0.3 is 4.74 Å². The Hall–Kier alpha value is -2.23. The molecule has 0 unspecified atom stereocenters. The van der Waals surface area contributed by atoms with Crippen molar-refractivity contribution in [1.29, 1.82) is 0 Å². The second-order valence-corrected chi connectivity index (χ2v) is 4.01. The molecule has 0 spiro atoms. The molecule has 0 fully saturated rings. The summed E-state index contributed by atoms with van der Waals surface area (Å²) in [5, 5.41) is 0. The maximum atomic E-state index is 13.6. The summed E-state index contributed by atoms with van der Waals surface area (Å²) in [4.78, 5) is 15.5. The summed E-state index contributed by atoms with van der Waals surface area (Å²) in [6.07, 6.45) is 1.75. The first-order valence-corrected chi connectivity index (χ1v) is 6.06. The largest absolute Gasteiger partial charge is 0.466 e. The molecule has 1 aromatic heterocycles. The van der Waals surface area contributed by atoms with Crippen molar-refractivity contribution in [1.82, 2.24) is 4.98 Å². The van der Waals surface area contributed by atoms with Gasteiger partial charge in [0.25, 0.3) is 0 Å². The van der Waals surface area contributed by atoms with Crippen LogP contribution in [0.25, 0.3) is 11.3 Å². The summed E-state index contributed by atoms with van der Waals surface area (Å²) < 4.78 is 18.4. The Morgan fingerprint density at radius 2 is 2.05 bits per heavy atom. The van der Waals surface area contributed by atoms with Gasteiger partial charge in [0.1, 0.15) is 5.82 Å². The van der Waals surface area contributed by atoms with Gasteiger partial charge in [-0.25, -0.2) is 4.39 Å². The van der Waals surface area contributed by atoms with Crippen LogP contribution in [0.15, 0.2) is 42.6 Å². The van der Waals surface area contributed by atoms with Crippen LogP contribution in [0.1, 0.15) is 12.5 Å².